The standard InChI is InChI=1S/C42H50N2O4/c1-38(2,3)34(41(47,30-20-11-7-12-21-30)31-22-13-8-14-23-31)44(37(46)40(36(43)45)28-19-29-40)35(39(4,5)6)42(48,32-24-15-9-16-25-32)33-26-17-10-18-27-33/h7-18,20-27,34-35,47-48H,19,28-29H2,1-6H3,(H2,43,45)/t34-,35-/m1/s1. The van der Waals surface area contributed by atoms with Crippen LogP contribution in [0.1, 0.15) is 83.1 Å². The van der Waals surface area contributed by atoms with E-state index in [-0.39, 0.29) is 0 Å². The molecule has 0 bridgehead atoms. The van der Waals surface area contributed by atoms with Crippen LogP contribution in [0.3, 0.4) is 0 Å². The van der Waals surface area contributed by atoms with Gasteiger partial charge in [0.15, 0.2) is 0 Å². The minimum absolute atomic E-state index is 0.301. The van der Waals surface area contributed by atoms with Crippen LogP contribution in [0.15, 0.2) is 121 Å². The number of aliphatic hydroxyl groups is 2. The number of primary amides is 1. The molecule has 0 heterocycles. The highest BCUT2D eigenvalue weighted by atomic mass is 16.3. The van der Waals surface area contributed by atoms with Crippen LogP contribution in [-0.2, 0) is 20.8 Å². The Balaban J connectivity index is 1.95. The zero-order valence-corrected chi connectivity index (χ0v) is 29.1. The van der Waals surface area contributed by atoms with Crippen molar-refractivity contribution in [2.24, 2.45) is 22.0 Å². The molecule has 6 nitrogen and oxygen atoms in total. The van der Waals surface area contributed by atoms with Crippen molar-refractivity contribution in [1.29, 1.82) is 0 Å². The molecular weight excluding hydrogens is 596 g/mol. The van der Waals surface area contributed by atoms with Gasteiger partial charge in [0.25, 0.3) is 0 Å². The average molecular weight is 647 g/mol. The summed E-state index contributed by atoms with van der Waals surface area (Å²) in [5.74, 6) is -1.16. The van der Waals surface area contributed by atoms with E-state index in [0.29, 0.717) is 41.5 Å². The molecule has 0 radical (unpaired) electrons. The highest BCUT2D eigenvalue weighted by Crippen LogP contribution is 2.54. The maximum absolute atomic E-state index is 15.7. The number of amides is 2. The summed E-state index contributed by atoms with van der Waals surface area (Å²) in [6.45, 7) is 12.0. The van der Waals surface area contributed by atoms with E-state index in [9.17, 15) is 15.0 Å². The quantitative estimate of drug-likeness (QED) is 0.159. The summed E-state index contributed by atoms with van der Waals surface area (Å²) in [6.07, 6.45) is 1.28. The molecule has 4 N–H and O–H groups in total. The van der Waals surface area contributed by atoms with Crippen LogP contribution in [0, 0.1) is 16.2 Å². The number of hydrogen-bond acceptors (Lipinski definition) is 4. The third-order valence-electron chi connectivity index (χ3n) is 10.2. The maximum atomic E-state index is 15.7. The molecule has 0 spiro atoms. The minimum Gasteiger partial charge on any atom is -0.378 e. The number of nitrogens with zero attached hydrogens (tertiary/aromatic N) is 1. The van der Waals surface area contributed by atoms with E-state index in [0.717, 1.165) is 0 Å². The first-order valence-electron chi connectivity index (χ1n) is 16.9. The molecule has 1 fully saturated rings. The van der Waals surface area contributed by atoms with Crippen LogP contribution in [0.2, 0.25) is 0 Å². The lowest BCUT2D eigenvalue weighted by molar-refractivity contribution is -0.188. The second kappa shape index (κ2) is 13.0. The van der Waals surface area contributed by atoms with Gasteiger partial charge in [-0.1, -0.05) is 169 Å². The fourth-order valence-electron chi connectivity index (χ4n) is 7.95. The SMILES string of the molecule is CC(C)(C)[C@@H](N(C(=O)C1(C(N)=O)CCC1)[C@H](C(C)(C)C)C(O)(c1ccccc1)c1ccccc1)C(O)(c1ccccc1)c1ccccc1. The molecule has 252 valence electrons. The Bertz CT molecular complexity index is 1500. The lowest BCUT2D eigenvalue weighted by atomic mass is 9.61. The molecule has 48 heavy (non-hydrogen) atoms. The first kappa shape index (κ1) is 35.1. The van der Waals surface area contributed by atoms with Gasteiger partial charge in [-0.05, 0) is 45.9 Å². The van der Waals surface area contributed by atoms with Crippen molar-refractivity contribution in [3.63, 3.8) is 0 Å². The highest BCUT2D eigenvalue weighted by molar-refractivity contribution is 6.05. The Hall–Kier alpha value is -4.26. The van der Waals surface area contributed by atoms with E-state index in [4.69, 9.17) is 5.73 Å². The largest absolute Gasteiger partial charge is 0.378 e. The summed E-state index contributed by atoms with van der Waals surface area (Å²) in [5, 5.41) is 27.2. The first-order valence-corrected chi connectivity index (χ1v) is 16.9. The summed E-state index contributed by atoms with van der Waals surface area (Å²) in [4.78, 5) is 30.8. The van der Waals surface area contributed by atoms with Crippen molar-refractivity contribution in [1.82, 2.24) is 4.90 Å². The summed E-state index contributed by atoms with van der Waals surface area (Å²) in [5.41, 5.74) is 1.84. The molecule has 4 aromatic carbocycles. The number of hydrogen-bond donors (Lipinski definition) is 3. The van der Waals surface area contributed by atoms with E-state index in [1.54, 1.807) is 4.90 Å². The van der Waals surface area contributed by atoms with E-state index in [2.05, 4.69) is 0 Å². The van der Waals surface area contributed by atoms with E-state index >= 15 is 4.79 Å². The molecule has 0 unspecified atom stereocenters. The third kappa shape index (κ3) is 5.97. The monoisotopic (exact) mass is 646 g/mol. The van der Waals surface area contributed by atoms with E-state index in [1.807, 2.05) is 163 Å². The number of carbonyl (C=O) groups is 2. The van der Waals surface area contributed by atoms with Crippen molar-refractivity contribution >= 4 is 11.8 Å². The lowest BCUT2D eigenvalue weighted by Crippen LogP contribution is -2.72. The Labute approximate surface area is 285 Å². The highest BCUT2D eigenvalue weighted by Gasteiger charge is 2.63. The van der Waals surface area contributed by atoms with Gasteiger partial charge >= 0.3 is 0 Å². The van der Waals surface area contributed by atoms with Gasteiger partial charge in [-0.3, -0.25) is 9.59 Å². The fraction of sp³-hybridized carbons (Fsp3) is 0.381. The van der Waals surface area contributed by atoms with Gasteiger partial charge in [-0.25, -0.2) is 0 Å². The van der Waals surface area contributed by atoms with Gasteiger partial charge in [-0.15, -0.1) is 0 Å². The first-order chi connectivity index (χ1) is 22.6. The van der Waals surface area contributed by atoms with Crippen LogP contribution >= 0.6 is 0 Å². The Morgan fingerprint density at radius 3 is 1.04 bits per heavy atom. The fourth-order valence-corrected chi connectivity index (χ4v) is 7.95. The predicted octanol–water partition coefficient (Wildman–Crippen LogP) is 7.17. The van der Waals surface area contributed by atoms with Crippen molar-refractivity contribution in [2.75, 3.05) is 0 Å². The third-order valence-corrected chi connectivity index (χ3v) is 10.2. The molecule has 6 heteroatoms. The van der Waals surface area contributed by atoms with Gasteiger partial charge in [0.1, 0.15) is 16.6 Å². The molecule has 0 aromatic heterocycles. The van der Waals surface area contributed by atoms with Crippen LogP contribution in [0.25, 0.3) is 0 Å². The van der Waals surface area contributed by atoms with Crippen LogP contribution < -0.4 is 5.73 Å². The summed E-state index contributed by atoms with van der Waals surface area (Å²) < 4.78 is 0. The summed E-state index contributed by atoms with van der Waals surface area (Å²) in [7, 11) is 0. The topological polar surface area (TPSA) is 104 Å². The molecule has 1 saturated carbocycles. The van der Waals surface area contributed by atoms with Gasteiger partial charge in [0, 0.05) is 0 Å². The number of rotatable bonds is 10. The zero-order chi connectivity index (χ0) is 35.0. The van der Waals surface area contributed by atoms with Crippen molar-refractivity contribution in [3.05, 3.63) is 144 Å². The smallest absolute Gasteiger partial charge is 0.239 e. The van der Waals surface area contributed by atoms with Crippen molar-refractivity contribution in [3.8, 4) is 0 Å². The Morgan fingerprint density at radius 1 is 0.583 bits per heavy atom. The van der Waals surface area contributed by atoms with Crippen molar-refractivity contribution < 1.29 is 19.8 Å². The van der Waals surface area contributed by atoms with Crippen LogP contribution in [0.5, 0.6) is 0 Å². The van der Waals surface area contributed by atoms with Gasteiger partial charge < -0.3 is 20.8 Å². The molecular formula is C42H50N2O4. The maximum Gasteiger partial charge on any atom is 0.239 e. The van der Waals surface area contributed by atoms with Crippen LogP contribution in [-0.4, -0.2) is 39.0 Å². The number of nitrogens with two attached hydrogens (primary N) is 1. The van der Waals surface area contributed by atoms with Gasteiger partial charge in [0.2, 0.25) is 11.8 Å². The second-order valence-electron chi connectivity index (χ2n) is 15.5. The van der Waals surface area contributed by atoms with E-state index in [1.165, 1.54) is 0 Å². The summed E-state index contributed by atoms with van der Waals surface area (Å²) in [6, 6.07) is 35.5. The molecule has 0 aliphatic heterocycles. The minimum atomic E-state index is -1.78. The number of benzene rings is 4. The second-order valence-corrected chi connectivity index (χ2v) is 15.5. The van der Waals surface area contributed by atoms with Crippen LogP contribution in [0.4, 0.5) is 0 Å². The molecule has 2 amide bonds. The molecule has 2 atom stereocenters. The normalized spacial score (nSPS) is 16.3. The lowest BCUT2D eigenvalue weighted by Gasteiger charge is -2.60. The summed E-state index contributed by atoms with van der Waals surface area (Å²) >= 11 is 0. The van der Waals surface area contributed by atoms with Gasteiger partial charge in [0.05, 0.1) is 12.1 Å². The molecule has 1 aliphatic rings. The predicted molar refractivity (Wildman–Crippen MR) is 191 cm³/mol. The van der Waals surface area contributed by atoms with E-state index < -0.39 is 51.3 Å². The zero-order valence-electron chi connectivity index (χ0n) is 29.1. The molecule has 1 aliphatic carbocycles. The van der Waals surface area contributed by atoms with Crippen molar-refractivity contribution in [2.45, 2.75) is 84.1 Å². The molecule has 0 saturated heterocycles. The molecule has 4 aromatic rings. The Morgan fingerprint density at radius 2 is 0.854 bits per heavy atom. The van der Waals surface area contributed by atoms with Gasteiger partial charge in [-0.2, -0.15) is 0 Å². The molecule has 5 rings (SSSR count). The average Bonchev–Trinajstić information content (AvgIpc) is 3.04. The Kier molecular flexibility index (Phi) is 9.48. The number of carbonyl (C=O) groups excluding carboxylic acids is 2.